The molecule has 0 aliphatic heterocycles. The molecule has 1 N–H and O–H groups in total. The van der Waals surface area contributed by atoms with Crippen molar-refractivity contribution in [3.05, 3.63) is 47.2 Å². The highest BCUT2D eigenvalue weighted by molar-refractivity contribution is 5.93. The van der Waals surface area contributed by atoms with Gasteiger partial charge in [-0.15, -0.1) is 0 Å². The number of rotatable bonds is 4. The topological polar surface area (TPSA) is 61.4 Å². The van der Waals surface area contributed by atoms with Gasteiger partial charge in [-0.1, -0.05) is 24.3 Å². The van der Waals surface area contributed by atoms with E-state index in [9.17, 15) is 4.79 Å². The van der Waals surface area contributed by atoms with E-state index in [1.807, 2.05) is 38.0 Å². The first-order chi connectivity index (χ1) is 12.4. The number of aryl methyl sites for hydroxylation is 1. The van der Waals surface area contributed by atoms with Crippen LogP contribution in [0.4, 0.5) is 11.8 Å². The van der Waals surface area contributed by atoms with Gasteiger partial charge >= 0.3 is 0 Å². The van der Waals surface area contributed by atoms with Crippen LogP contribution < -0.4 is 15.1 Å². The summed E-state index contributed by atoms with van der Waals surface area (Å²) in [5.41, 5.74) is 3.14. The number of hydrogen-bond donors (Lipinski definition) is 1. The summed E-state index contributed by atoms with van der Waals surface area (Å²) in [6, 6.07) is 10.4. The third-order valence-electron chi connectivity index (χ3n) is 4.71. The van der Waals surface area contributed by atoms with Crippen LogP contribution in [0.2, 0.25) is 0 Å². The van der Waals surface area contributed by atoms with Crippen molar-refractivity contribution in [3.8, 4) is 0 Å². The lowest BCUT2D eigenvalue weighted by Crippen LogP contribution is -2.37. The van der Waals surface area contributed by atoms with Crippen molar-refractivity contribution in [3.63, 3.8) is 0 Å². The van der Waals surface area contributed by atoms with E-state index in [4.69, 9.17) is 0 Å². The number of benzene rings is 1. The Hall–Kier alpha value is -2.63. The average Bonchev–Trinajstić information content (AvgIpc) is 2.82. The molecule has 0 spiro atoms. The van der Waals surface area contributed by atoms with Crippen molar-refractivity contribution < 1.29 is 4.79 Å². The van der Waals surface area contributed by atoms with Gasteiger partial charge in [-0.25, -0.2) is 4.98 Å². The predicted molar refractivity (Wildman–Crippen MR) is 105 cm³/mol. The van der Waals surface area contributed by atoms with Crippen LogP contribution in [0.3, 0.4) is 0 Å². The molecule has 0 radical (unpaired) electrons. The van der Waals surface area contributed by atoms with E-state index >= 15 is 0 Å². The van der Waals surface area contributed by atoms with Gasteiger partial charge in [0.15, 0.2) is 0 Å². The number of hydrogen-bond acceptors (Lipinski definition) is 5. The fourth-order valence-electron chi connectivity index (χ4n) is 3.26. The molecule has 1 aromatic heterocycles. The Bertz CT molecular complexity index is 761. The van der Waals surface area contributed by atoms with E-state index < -0.39 is 0 Å². The van der Waals surface area contributed by atoms with Gasteiger partial charge in [0, 0.05) is 40.3 Å². The van der Waals surface area contributed by atoms with E-state index in [1.54, 1.807) is 6.07 Å². The SMILES string of the molecule is CN(C)c1cc(C(=O)NC2CCCc3ccccc3C2)nc(N(C)C)n1. The standard InChI is InChI=1S/C20H27N5O/c1-24(2)18-13-17(22-20(23-18)25(3)4)19(26)21-16-11-7-10-14-8-5-6-9-15(14)12-16/h5-6,8-9,13,16H,7,10-12H2,1-4H3,(H,21,26). The maximum Gasteiger partial charge on any atom is 0.270 e. The Balaban J connectivity index is 1.79. The Morgan fingerprint density at radius 3 is 2.50 bits per heavy atom. The molecule has 26 heavy (non-hydrogen) atoms. The highest BCUT2D eigenvalue weighted by atomic mass is 16.1. The van der Waals surface area contributed by atoms with Crippen molar-refractivity contribution >= 4 is 17.7 Å². The molecular formula is C20H27N5O. The van der Waals surface area contributed by atoms with E-state index in [-0.39, 0.29) is 11.9 Å². The maximum absolute atomic E-state index is 12.8. The number of carbonyl (C=O) groups excluding carboxylic acids is 1. The van der Waals surface area contributed by atoms with Gasteiger partial charge in [-0.05, 0) is 36.8 Å². The van der Waals surface area contributed by atoms with Gasteiger partial charge in [-0.2, -0.15) is 4.98 Å². The first-order valence-electron chi connectivity index (χ1n) is 9.05. The van der Waals surface area contributed by atoms with Crippen molar-refractivity contribution in [2.24, 2.45) is 0 Å². The summed E-state index contributed by atoms with van der Waals surface area (Å²) in [7, 11) is 7.56. The minimum atomic E-state index is -0.136. The summed E-state index contributed by atoms with van der Waals surface area (Å²) in [4.78, 5) is 25.4. The van der Waals surface area contributed by atoms with Gasteiger partial charge in [0.05, 0.1) is 0 Å². The molecule has 0 saturated carbocycles. The monoisotopic (exact) mass is 353 g/mol. The highest BCUT2D eigenvalue weighted by Crippen LogP contribution is 2.21. The molecule has 138 valence electrons. The lowest BCUT2D eigenvalue weighted by molar-refractivity contribution is 0.0930. The van der Waals surface area contributed by atoms with Crippen LogP contribution in [0.15, 0.2) is 30.3 Å². The maximum atomic E-state index is 12.8. The van der Waals surface area contributed by atoms with Gasteiger partial charge in [0.25, 0.3) is 5.91 Å². The molecule has 6 nitrogen and oxygen atoms in total. The van der Waals surface area contributed by atoms with E-state index in [0.717, 1.165) is 31.5 Å². The van der Waals surface area contributed by atoms with Crippen LogP contribution in [-0.4, -0.2) is 50.1 Å². The molecular weight excluding hydrogens is 326 g/mol. The number of amides is 1. The van der Waals surface area contributed by atoms with Crippen LogP contribution >= 0.6 is 0 Å². The Morgan fingerprint density at radius 1 is 1.08 bits per heavy atom. The third-order valence-corrected chi connectivity index (χ3v) is 4.71. The summed E-state index contributed by atoms with van der Waals surface area (Å²) in [5, 5.41) is 3.18. The minimum Gasteiger partial charge on any atom is -0.363 e. The Morgan fingerprint density at radius 2 is 1.81 bits per heavy atom. The number of fused-ring (bicyclic) bond motifs is 1. The summed E-state index contributed by atoms with van der Waals surface area (Å²) >= 11 is 0. The van der Waals surface area contributed by atoms with E-state index in [0.29, 0.717) is 11.6 Å². The van der Waals surface area contributed by atoms with E-state index in [1.165, 1.54) is 11.1 Å². The fraction of sp³-hybridized carbons (Fsp3) is 0.450. The lowest BCUT2D eigenvalue weighted by Gasteiger charge is -2.19. The van der Waals surface area contributed by atoms with Gasteiger partial charge in [0.2, 0.25) is 5.95 Å². The fourth-order valence-corrected chi connectivity index (χ4v) is 3.26. The molecule has 3 rings (SSSR count). The molecule has 0 bridgehead atoms. The van der Waals surface area contributed by atoms with Crippen LogP contribution in [0.5, 0.6) is 0 Å². The third kappa shape index (κ3) is 4.12. The number of anilines is 2. The molecule has 1 atom stereocenters. The van der Waals surface area contributed by atoms with Gasteiger partial charge < -0.3 is 15.1 Å². The summed E-state index contributed by atoms with van der Waals surface area (Å²) in [6.07, 6.45) is 4.00. The van der Waals surface area contributed by atoms with Gasteiger partial charge in [0.1, 0.15) is 11.5 Å². The molecule has 1 amide bonds. The second kappa shape index (κ2) is 7.72. The number of aromatic nitrogens is 2. The Kier molecular flexibility index (Phi) is 5.40. The molecule has 2 aromatic rings. The molecule has 0 saturated heterocycles. The highest BCUT2D eigenvalue weighted by Gasteiger charge is 2.21. The number of nitrogens with zero attached hydrogens (tertiary/aromatic N) is 4. The van der Waals surface area contributed by atoms with Crippen LogP contribution in [0, 0.1) is 0 Å². The molecule has 1 heterocycles. The van der Waals surface area contributed by atoms with Gasteiger partial charge in [-0.3, -0.25) is 4.79 Å². The van der Waals surface area contributed by atoms with E-state index in [2.05, 4.69) is 39.6 Å². The normalized spacial score (nSPS) is 16.4. The quantitative estimate of drug-likeness (QED) is 0.855. The smallest absolute Gasteiger partial charge is 0.270 e. The van der Waals surface area contributed by atoms with Crippen LogP contribution in [-0.2, 0) is 12.8 Å². The zero-order chi connectivity index (χ0) is 18.7. The van der Waals surface area contributed by atoms with Crippen LogP contribution in [0.25, 0.3) is 0 Å². The molecule has 6 heteroatoms. The van der Waals surface area contributed by atoms with Crippen molar-refractivity contribution in [1.82, 2.24) is 15.3 Å². The molecule has 0 fully saturated rings. The first kappa shape index (κ1) is 18.2. The van der Waals surface area contributed by atoms with Crippen molar-refractivity contribution in [1.29, 1.82) is 0 Å². The van der Waals surface area contributed by atoms with Crippen molar-refractivity contribution in [2.75, 3.05) is 38.0 Å². The number of carbonyl (C=O) groups is 1. The molecule has 1 aliphatic rings. The summed E-state index contributed by atoms with van der Waals surface area (Å²) < 4.78 is 0. The summed E-state index contributed by atoms with van der Waals surface area (Å²) in [5.74, 6) is 1.12. The second-order valence-electron chi connectivity index (χ2n) is 7.24. The molecule has 1 unspecified atom stereocenters. The Labute approximate surface area is 155 Å². The largest absolute Gasteiger partial charge is 0.363 e. The van der Waals surface area contributed by atoms with Crippen LogP contribution in [0.1, 0.15) is 34.5 Å². The second-order valence-corrected chi connectivity index (χ2v) is 7.24. The average molecular weight is 353 g/mol. The van der Waals surface area contributed by atoms with Crippen molar-refractivity contribution in [2.45, 2.75) is 31.7 Å². The predicted octanol–water partition coefficient (Wildman–Crippen LogP) is 2.29. The molecule has 1 aliphatic carbocycles. The molecule has 1 aromatic carbocycles. The first-order valence-corrected chi connectivity index (χ1v) is 9.05. The summed E-state index contributed by atoms with van der Waals surface area (Å²) in [6.45, 7) is 0. The lowest BCUT2D eigenvalue weighted by atomic mass is 10.0. The number of nitrogens with one attached hydrogen (secondary N) is 1. The zero-order valence-corrected chi connectivity index (χ0v) is 16.0. The zero-order valence-electron chi connectivity index (χ0n) is 16.0. The minimum absolute atomic E-state index is 0.131.